The van der Waals surface area contributed by atoms with Gasteiger partial charge in [-0.25, -0.2) is 0 Å². The van der Waals surface area contributed by atoms with Gasteiger partial charge in [0, 0.05) is 24.7 Å². The van der Waals surface area contributed by atoms with Crippen molar-refractivity contribution in [2.24, 2.45) is 5.41 Å². The normalized spacial score (nSPS) is 13.1. The largest absolute Gasteiger partial charge is 0.310 e. The number of hydrogen-bond donors (Lipinski definition) is 1. The summed E-state index contributed by atoms with van der Waals surface area (Å²) in [6.45, 7) is 9.86. The van der Waals surface area contributed by atoms with E-state index in [4.69, 9.17) is 0 Å². The van der Waals surface area contributed by atoms with Gasteiger partial charge >= 0.3 is 0 Å². The van der Waals surface area contributed by atoms with Gasteiger partial charge in [0.1, 0.15) is 0 Å². The van der Waals surface area contributed by atoms with Gasteiger partial charge in [-0.15, -0.1) is 0 Å². The van der Waals surface area contributed by atoms with E-state index in [0.29, 0.717) is 0 Å². The number of rotatable bonds is 9. The number of unbranched alkanes of at least 4 members (excludes halogenated alkanes) is 2. The molecule has 1 atom stereocenters. The molecular formula is C17H28N2O2. The van der Waals surface area contributed by atoms with Gasteiger partial charge in [-0.3, -0.25) is 10.1 Å². The summed E-state index contributed by atoms with van der Waals surface area (Å²) in [5, 5.41) is 14.2. The zero-order valence-corrected chi connectivity index (χ0v) is 13.7. The van der Waals surface area contributed by atoms with Crippen LogP contribution in [0.1, 0.15) is 65.0 Å². The van der Waals surface area contributed by atoms with Crippen LogP contribution in [0.15, 0.2) is 24.3 Å². The first-order chi connectivity index (χ1) is 9.85. The van der Waals surface area contributed by atoms with Crippen molar-refractivity contribution in [3.05, 3.63) is 39.9 Å². The summed E-state index contributed by atoms with van der Waals surface area (Å²) in [7, 11) is 0. The van der Waals surface area contributed by atoms with Crippen molar-refractivity contribution in [1.29, 1.82) is 0 Å². The van der Waals surface area contributed by atoms with E-state index in [-0.39, 0.29) is 22.1 Å². The number of non-ortho nitro benzene ring substituents is 1. The molecule has 4 nitrogen and oxygen atoms in total. The molecule has 0 amide bonds. The number of nitro groups is 1. The first kappa shape index (κ1) is 17.6. The maximum absolute atomic E-state index is 10.7. The van der Waals surface area contributed by atoms with Crippen LogP contribution in [0.4, 0.5) is 5.69 Å². The van der Waals surface area contributed by atoms with Crippen LogP contribution in [-0.2, 0) is 0 Å². The predicted octanol–water partition coefficient (Wildman–Crippen LogP) is 4.85. The lowest BCUT2D eigenvalue weighted by Gasteiger charge is -2.27. The zero-order valence-electron chi connectivity index (χ0n) is 13.7. The van der Waals surface area contributed by atoms with Crippen LogP contribution in [-0.4, -0.2) is 11.5 Å². The van der Waals surface area contributed by atoms with E-state index in [1.807, 2.05) is 12.1 Å². The lowest BCUT2D eigenvalue weighted by atomic mass is 9.86. The third-order valence-electron chi connectivity index (χ3n) is 3.95. The van der Waals surface area contributed by atoms with Crippen molar-refractivity contribution in [3.63, 3.8) is 0 Å². The second-order valence-corrected chi connectivity index (χ2v) is 6.57. The molecule has 1 N–H and O–H groups in total. The predicted molar refractivity (Wildman–Crippen MR) is 87.4 cm³/mol. The molecule has 0 spiro atoms. The molecule has 0 aliphatic heterocycles. The molecule has 1 aromatic carbocycles. The minimum Gasteiger partial charge on any atom is -0.310 e. The Kier molecular flexibility index (Phi) is 6.82. The molecule has 0 radical (unpaired) electrons. The fourth-order valence-electron chi connectivity index (χ4n) is 2.37. The van der Waals surface area contributed by atoms with Crippen LogP contribution in [0.3, 0.4) is 0 Å². The van der Waals surface area contributed by atoms with E-state index >= 15 is 0 Å². The van der Waals surface area contributed by atoms with Crippen LogP contribution >= 0.6 is 0 Å². The Balaban J connectivity index is 2.48. The van der Waals surface area contributed by atoms with E-state index in [1.165, 1.54) is 25.7 Å². The van der Waals surface area contributed by atoms with Crippen molar-refractivity contribution >= 4 is 5.69 Å². The molecule has 0 bridgehead atoms. The van der Waals surface area contributed by atoms with Crippen molar-refractivity contribution in [2.45, 2.75) is 59.4 Å². The molecule has 0 aliphatic rings. The molecule has 0 fully saturated rings. The highest BCUT2D eigenvalue weighted by atomic mass is 16.6. The van der Waals surface area contributed by atoms with Crippen molar-refractivity contribution in [2.75, 3.05) is 6.54 Å². The lowest BCUT2D eigenvalue weighted by Crippen LogP contribution is -2.31. The Morgan fingerprint density at radius 1 is 1.24 bits per heavy atom. The first-order valence-electron chi connectivity index (χ1n) is 7.83. The average Bonchev–Trinajstić information content (AvgIpc) is 2.45. The van der Waals surface area contributed by atoms with Crippen LogP contribution in [0.5, 0.6) is 0 Å². The first-order valence-corrected chi connectivity index (χ1v) is 7.83. The summed E-state index contributed by atoms with van der Waals surface area (Å²) in [5.74, 6) is 0. The Bertz CT molecular complexity index is 441. The minimum absolute atomic E-state index is 0.144. The molecule has 1 unspecified atom stereocenters. The molecule has 0 saturated carbocycles. The van der Waals surface area contributed by atoms with E-state index in [9.17, 15) is 10.1 Å². The Labute approximate surface area is 128 Å². The van der Waals surface area contributed by atoms with Gasteiger partial charge < -0.3 is 5.32 Å². The Morgan fingerprint density at radius 2 is 1.86 bits per heavy atom. The molecule has 0 saturated heterocycles. The fourth-order valence-corrected chi connectivity index (χ4v) is 2.37. The van der Waals surface area contributed by atoms with Gasteiger partial charge in [-0.1, -0.05) is 52.2 Å². The molecule has 1 rings (SSSR count). The molecular weight excluding hydrogens is 264 g/mol. The number of nitrogens with one attached hydrogen (secondary N) is 1. The van der Waals surface area contributed by atoms with Crippen molar-refractivity contribution in [3.8, 4) is 0 Å². The molecule has 118 valence electrons. The SMILES string of the molecule is CCCCCC(C)(C)CNC(C)c1ccc([N+](=O)[O-])cc1. The zero-order chi connectivity index (χ0) is 15.9. The molecule has 0 heterocycles. The van der Waals surface area contributed by atoms with Gasteiger partial charge in [0.2, 0.25) is 0 Å². The van der Waals surface area contributed by atoms with Crippen LogP contribution in [0.25, 0.3) is 0 Å². The van der Waals surface area contributed by atoms with Gasteiger partial charge in [0.25, 0.3) is 5.69 Å². The van der Waals surface area contributed by atoms with Crippen molar-refractivity contribution < 1.29 is 4.92 Å². The number of benzene rings is 1. The molecule has 4 heteroatoms. The average molecular weight is 292 g/mol. The minimum atomic E-state index is -0.362. The van der Waals surface area contributed by atoms with Crippen LogP contribution in [0, 0.1) is 15.5 Å². The topological polar surface area (TPSA) is 55.2 Å². The monoisotopic (exact) mass is 292 g/mol. The highest BCUT2D eigenvalue weighted by Crippen LogP contribution is 2.24. The van der Waals surface area contributed by atoms with Gasteiger partial charge in [-0.05, 0) is 24.3 Å². The summed E-state index contributed by atoms with van der Waals surface area (Å²) < 4.78 is 0. The summed E-state index contributed by atoms with van der Waals surface area (Å²) >= 11 is 0. The van der Waals surface area contributed by atoms with Gasteiger partial charge in [0.05, 0.1) is 4.92 Å². The number of hydrogen-bond acceptors (Lipinski definition) is 3. The summed E-state index contributed by atoms with van der Waals surface area (Å²) in [4.78, 5) is 10.3. The molecule has 21 heavy (non-hydrogen) atoms. The molecule has 1 aromatic rings. The second kappa shape index (κ2) is 8.13. The van der Waals surface area contributed by atoms with Crippen LogP contribution in [0.2, 0.25) is 0 Å². The third-order valence-corrected chi connectivity index (χ3v) is 3.95. The third kappa shape index (κ3) is 6.25. The summed E-state index contributed by atoms with van der Waals surface area (Å²) in [5.41, 5.74) is 1.51. The highest BCUT2D eigenvalue weighted by molar-refractivity contribution is 5.34. The summed E-state index contributed by atoms with van der Waals surface area (Å²) in [6, 6.07) is 7.01. The highest BCUT2D eigenvalue weighted by Gasteiger charge is 2.18. The van der Waals surface area contributed by atoms with E-state index in [0.717, 1.165) is 12.1 Å². The Morgan fingerprint density at radius 3 is 2.38 bits per heavy atom. The maximum Gasteiger partial charge on any atom is 0.269 e. The van der Waals surface area contributed by atoms with E-state index in [1.54, 1.807) is 12.1 Å². The van der Waals surface area contributed by atoms with Gasteiger partial charge in [0.15, 0.2) is 0 Å². The second-order valence-electron chi connectivity index (χ2n) is 6.57. The fraction of sp³-hybridized carbons (Fsp3) is 0.647. The number of nitrogens with zero attached hydrogens (tertiary/aromatic N) is 1. The standard InChI is InChI=1S/C17H28N2O2/c1-5-6-7-12-17(3,4)13-18-14(2)15-8-10-16(11-9-15)19(20)21/h8-11,14,18H,5-7,12-13H2,1-4H3. The lowest BCUT2D eigenvalue weighted by molar-refractivity contribution is -0.384. The van der Waals surface area contributed by atoms with Gasteiger partial charge in [-0.2, -0.15) is 0 Å². The van der Waals surface area contributed by atoms with E-state index in [2.05, 4.69) is 33.0 Å². The van der Waals surface area contributed by atoms with Crippen molar-refractivity contribution in [1.82, 2.24) is 5.32 Å². The molecule has 0 aromatic heterocycles. The quantitative estimate of drug-likeness (QED) is 0.402. The number of nitro benzene ring substituents is 1. The van der Waals surface area contributed by atoms with Crippen LogP contribution < -0.4 is 5.32 Å². The molecule has 0 aliphatic carbocycles. The Hall–Kier alpha value is -1.42. The maximum atomic E-state index is 10.7. The summed E-state index contributed by atoms with van der Waals surface area (Å²) in [6.07, 6.45) is 5.04. The van der Waals surface area contributed by atoms with E-state index < -0.39 is 0 Å². The smallest absolute Gasteiger partial charge is 0.269 e.